The van der Waals surface area contributed by atoms with Crippen molar-refractivity contribution >= 4 is 11.4 Å². The van der Waals surface area contributed by atoms with Crippen molar-refractivity contribution < 1.29 is 0 Å². The molecule has 0 unspecified atom stereocenters. The highest BCUT2D eigenvalue weighted by molar-refractivity contribution is 5.81. The number of aromatic nitrogens is 2. The second kappa shape index (κ2) is 2.70. The minimum atomic E-state index is 0.459. The quantitative estimate of drug-likeness (QED) is 0.479. The summed E-state index contributed by atoms with van der Waals surface area (Å²) in [6.07, 6.45) is 3.42. The second-order valence-corrected chi connectivity index (χ2v) is 2.49. The fraction of sp³-hybridized carbons (Fsp3) is 0.250. The molecule has 0 aliphatic heterocycles. The standard InChI is InChI=1S/C8H11N3/c1-6(2)8-10-4-5-11(8)7(3)9/h4-5,9H,1H2,2-3H3. The van der Waals surface area contributed by atoms with Gasteiger partial charge in [0.25, 0.3) is 0 Å². The molecule has 0 aliphatic carbocycles. The third-order valence-corrected chi connectivity index (χ3v) is 1.38. The molecule has 0 spiro atoms. The van der Waals surface area contributed by atoms with E-state index in [4.69, 9.17) is 5.41 Å². The van der Waals surface area contributed by atoms with E-state index in [1.165, 1.54) is 0 Å². The normalized spacial score (nSPS) is 9.64. The van der Waals surface area contributed by atoms with Crippen LogP contribution in [0, 0.1) is 5.41 Å². The zero-order valence-electron chi connectivity index (χ0n) is 6.76. The fourth-order valence-electron chi connectivity index (χ4n) is 0.890. The highest BCUT2D eigenvalue weighted by Crippen LogP contribution is 2.07. The molecule has 0 atom stereocenters. The van der Waals surface area contributed by atoms with E-state index < -0.39 is 0 Å². The van der Waals surface area contributed by atoms with Crippen LogP contribution in [0.25, 0.3) is 5.57 Å². The van der Waals surface area contributed by atoms with Crippen LogP contribution in [0.15, 0.2) is 19.0 Å². The molecule has 0 radical (unpaired) electrons. The molecular weight excluding hydrogens is 138 g/mol. The lowest BCUT2D eigenvalue weighted by Crippen LogP contribution is -2.07. The molecule has 11 heavy (non-hydrogen) atoms. The van der Waals surface area contributed by atoms with Gasteiger partial charge in [-0.05, 0) is 19.4 Å². The summed E-state index contributed by atoms with van der Waals surface area (Å²) in [5.74, 6) is 1.22. The van der Waals surface area contributed by atoms with Crippen LogP contribution in [0.4, 0.5) is 0 Å². The molecule has 0 saturated carbocycles. The van der Waals surface area contributed by atoms with E-state index in [0.717, 1.165) is 11.4 Å². The number of hydrogen-bond donors (Lipinski definition) is 1. The van der Waals surface area contributed by atoms with Crippen molar-refractivity contribution in [3.05, 3.63) is 24.8 Å². The van der Waals surface area contributed by atoms with Gasteiger partial charge in [0.15, 0.2) is 0 Å². The topological polar surface area (TPSA) is 41.7 Å². The Kier molecular flexibility index (Phi) is 1.89. The summed E-state index contributed by atoms with van der Waals surface area (Å²) < 4.78 is 1.70. The minimum absolute atomic E-state index is 0.459. The molecule has 0 bridgehead atoms. The van der Waals surface area contributed by atoms with Crippen LogP contribution in [-0.4, -0.2) is 15.4 Å². The number of allylic oxidation sites excluding steroid dienone is 1. The van der Waals surface area contributed by atoms with E-state index in [2.05, 4.69) is 11.6 Å². The number of nitrogens with one attached hydrogen (secondary N) is 1. The van der Waals surface area contributed by atoms with Gasteiger partial charge in [0.1, 0.15) is 11.7 Å². The maximum absolute atomic E-state index is 7.37. The molecule has 0 fully saturated rings. The van der Waals surface area contributed by atoms with Gasteiger partial charge in [-0.25, -0.2) is 4.98 Å². The van der Waals surface area contributed by atoms with Crippen molar-refractivity contribution in [3.63, 3.8) is 0 Å². The predicted octanol–water partition coefficient (Wildman–Crippen LogP) is 1.76. The second-order valence-electron chi connectivity index (χ2n) is 2.49. The Balaban J connectivity index is 3.16. The van der Waals surface area contributed by atoms with Gasteiger partial charge in [-0.15, -0.1) is 0 Å². The summed E-state index contributed by atoms with van der Waals surface area (Å²) >= 11 is 0. The van der Waals surface area contributed by atoms with Crippen molar-refractivity contribution in [2.45, 2.75) is 13.8 Å². The zero-order valence-corrected chi connectivity index (χ0v) is 6.76. The molecule has 1 rings (SSSR count). The maximum Gasteiger partial charge on any atom is 0.140 e. The van der Waals surface area contributed by atoms with Crippen molar-refractivity contribution in [1.29, 1.82) is 5.41 Å². The summed E-state index contributed by atoms with van der Waals surface area (Å²) in [4.78, 5) is 4.06. The van der Waals surface area contributed by atoms with E-state index in [9.17, 15) is 0 Å². The van der Waals surface area contributed by atoms with Gasteiger partial charge in [0.05, 0.1) is 0 Å². The average molecular weight is 149 g/mol. The molecular formula is C8H11N3. The summed E-state index contributed by atoms with van der Waals surface area (Å²) in [5, 5.41) is 7.37. The van der Waals surface area contributed by atoms with Gasteiger partial charge in [0.2, 0.25) is 0 Å². The Labute approximate surface area is 65.9 Å². The lowest BCUT2D eigenvalue weighted by molar-refractivity contribution is 1.06. The van der Waals surface area contributed by atoms with Gasteiger partial charge in [-0.2, -0.15) is 0 Å². The molecule has 0 amide bonds. The van der Waals surface area contributed by atoms with Crippen LogP contribution >= 0.6 is 0 Å². The molecule has 0 aromatic carbocycles. The van der Waals surface area contributed by atoms with Gasteiger partial charge in [-0.1, -0.05) is 6.58 Å². The van der Waals surface area contributed by atoms with Crippen LogP contribution in [0.2, 0.25) is 0 Å². The molecule has 1 aromatic rings. The van der Waals surface area contributed by atoms with E-state index in [1.54, 1.807) is 23.9 Å². The van der Waals surface area contributed by atoms with Crippen LogP contribution < -0.4 is 0 Å². The maximum atomic E-state index is 7.37. The zero-order chi connectivity index (χ0) is 8.43. The molecule has 1 heterocycles. The highest BCUT2D eigenvalue weighted by atomic mass is 15.1. The van der Waals surface area contributed by atoms with Crippen molar-refractivity contribution in [2.24, 2.45) is 0 Å². The van der Waals surface area contributed by atoms with E-state index in [-0.39, 0.29) is 0 Å². The molecule has 3 nitrogen and oxygen atoms in total. The number of hydrogen-bond acceptors (Lipinski definition) is 2. The minimum Gasteiger partial charge on any atom is -0.288 e. The molecule has 3 heteroatoms. The SMILES string of the molecule is C=C(C)c1nccn1C(C)=N. The number of rotatable bonds is 1. The molecule has 1 N–H and O–H groups in total. The summed E-state index contributed by atoms with van der Waals surface area (Å²) in [5.41, 5.74) is 0.876. The highest BCUT2D eigenvalue weighted by Gasteiger charge is 2.02. The largest absolute Gasteiger partial charge is 0.288 e. The van der Waals surface area contributed by atoms with Crippen molar-refractivity contribution in [1.82, 2.24) is 9.55 Å². The van der Waals surface area contributed by atoms with Gasteiger partial charge in [0, 0.05) is 12.4 Å². The lowest BCUT2D eigenvalue weighted by Gasteiger charge is -2.03. The Morgan fingerprint density at radius 1 is 1.64 bits per heavy atom. The van der Waals surface area contributed by atoms with E-state index in [1.807, 2.05) is 6.92 Å². The first-order valence-electron chi connectivity index (χ1n) is 3.37. The van der Waals surface area contributed by atoms with Gasteiger partial charge in [-0.3, -0.25) is 9.98 Å². The van der Waals surface area contributed by atoms with E-state index in [0.29, 0.717) is 5.84 Å². The monoisotopic (exact) mass is 149 g/mol. The lowest BCUT2D eigenvalue weighted by atomic mass is 10.3. The first-order valence-corrected chi connectivity index (χ1v) is 3.37. The molecule has 0 aliphatic rings. The third-order valence-electron chi connectivity index (χ3n) is 1.38. The van der Waals surface area contributed by atoms with Crippen molar-refractivity contribution in [3.8, 4) is 0 Å². The Bertz CT molecular complexity index is 268. The number of imidazole rings is 1. The summed E-state index contributed by atoms with van der Waals surface area (Å²) in [7, 11) is 0. The van der Waals surface area contributed by atoms with Gasteiger partial charge >= 0.3 is 0 Å². The molecule has 0 saturated heterocycles. The molecule has 58 valence electrons. The van der Waals surface area contributed by atoms with Crippen LogP contribution in [0.3, 0.4) is 0 Å². The van der Waals surface area contributed by atoms with Crippen LogP contribution in [0.1, 0.15) is 19.7 Å². The first-order chi connectivity index (χ1) is 5.13. The Hall–Kier alpha value is -1.38. The van der Waals surface area contributed by atoms with E-state index >= 15 is 0 Å². The third kappa shape index (κ3) is 1.37. The summed E-state index contributed by atoms with van der Waals surface area (Å²) in [6.45, 7) is 7.35. The van der Waals surface area contributed by atoms with Gasteiger partial charge < -0.3 is 0 Å². The number of nitrogens with zero attached hydrogens (tertiary/aromatic N) is 2. The first kappa shape index (κ1) is 7.72. The average Bonchev–Trinajstić information content (AvgIpc) is 2.32. The smallest absolute Gasteiger partial charge is 0.140 e. The summed E-state index contributed by atoms with van der Waals surface area (Å²) in [6, 6.07) is 0. The van der Waals surface area contributed by atoms with Crippen molar-refractivity contribution in [2.75, 3.05) is 0 Å². The Morgan fingerprint density at radius 3 is 2.64 bits per heavy atom. The fourth-order valence-corrected chi connectivity index (χ4v) is 0.890. The molecule has 1 aromatic heterocycles. The predicted molar refractivity (Wildman–Crippen MR) is 45.7 cm³/mol. The Morgan fingerprint density at radius 2 is 2.27 bits per heavy atom. The van der Waals surface area contributed by atoms with Crippen LogP contribution in [0.5, 0.6) is 0 Å². The van der Waals surface area contributed by atoms with Crippen LogP contribution in [-0.2, 0) is 0 Å².